The summed E-state index contributed by atoms with van der Waals surface area (Å²) in [5.74, 6) is 0. The normalized spacial score (nSPS) is 14.4. The average molecular weight is 794 g/mol. The smallest absolute Gasteiger partial charge is 0.135 e. The van der Waals surface area contributed by atoms with Gasteiger partial charge in [-0.3, -0.25) is 0 Å². The number of para-hydroxylation sites is 1. The van der Waals surface area contributed by atoms with E-state index in [1.165, 1.54) is 116 Å². The van der Waals surface area contributed by atoms with E-state index in [0.29, 0.717) is 0 Å². The van der Waals surface area contributed by atoms with Crippen molar-refractivity contribution < 1.29 is 4.42 Å². The Bertz CT molecular complexity index is 3670. The molecule has 0 N–H and O–H groups in total. The number of hydrogen-bond acceptors (Lipinski definition) is 1. The van der Waals surface area contributed by atoms with Gasteiger partial charge in [0, 0.05) is 38.1 Å². The minimum atomic E-state index is -0.237. The summed E-state index contributed by atoms with van der Waals surface area (Å²) >= 11 is 0. The highest BCUT2D eigenvalue weighted by Gasteiger charge is 2.39. The van der Waals surface area contributed by atoms with Crippen LogP contribution in [0.1, 0.15) is 49.9 Å². The third kappa shape index (κ3) is 4.86. The number of hydrogen-bond donors (Lipinski definition) is 0. The number of furan rings is 1. The summed E-state index contributed by atoms with van der Waals surface area (Å²) in [5.41, 5.74) is 23.3. The van der Waals surface area contributed by atoms with E-state index in [9.17, 15) is 0 Å². The van der Waals surface area contributed by atoms with Crippen molar-refractivity contribution in [2.45, 2.75) is 38.5 Å². The van der Waals surface area contributed by atoms with Crippen LogP contribution in [-0.2, 0) is 10.8 Å². The highest BCUT2D eigenvalue weighted by Crippen LogP contribution is 2.54. The quantitative estimate of drug-likeness (QED) is 0.174. The molecule has 11 aromatic rings. The largest absolute Gasteiger partial charge is 0.456 e. The Hall–Kier alpha value is -7.42. The van der Waals surface area contributed by atoms with Crippen molar-refractivity contribution in [3.05, 3.63) is 210 Å². The first-order valence-electron chi connectivity index (χ1n) is 21.8. The second-order valence-electron chi connectivity index (χ2n) is 18.5. The van der Waals surface area contributed by atoms with E-state index in [-0.39, 0.29) is 10.8 Å². The first-order valence-corrected chi connectivity index (χ1v) is 21.8. The van der Waals surface area contributed by atoms with Crippen molar-refractivity contribution in [1.82, 2.24) is 4.57 Å². The van der Waals surface area contributed by atoms with Crippen LogP contribution in [0.3, 0.4) is 0 Å². The summed E-state index contributed by atoms with van der Waals surface area (Å²) in [5, 5.41) is 4.90. The summed E-state index contributed by atoms with van der Waals surface area (Å²) in [4.78, 5) is 0. The lowest BCUT2D eigenvalue weighted by Crippen LogP contribution is -2.16. The third-order valence-electron chi connectivity index (χ3n) is 14.4. The highest BCUT2D eigenvalue weighted by atomic mass is 16.3. The maximum Gasteiger partial charge on any atom is 0.135 e. The molecule has 13 rings (SSSR count). The van der Waals surface area contributed by atoms with Gasteiger partial charge in [-0.05, 0) is 132 Å². The zero-order valence-electron chi connectivity index (χ0n) is 35.3. The van der Waals surface area contributed by atoms with Gasteiger partial charge in [-0.2, -0.15) is 0 Å². The maximum atomic E-state index is 6.40. The Morgan fingerprint density at radius 1 is 0.355 bits per heavy atom. The molecule has 2 aromatic heterocycles. The molecule has 2 aliphatic rings. The first kappa shape index (κ1) is 35.3. The molecule has 0 amide bonds. The molecular formula is C60H43NO. The highest BCUT2D eigenvalue weighted by molar-refractivity contribution is 6.13. The molecule has 2 aliphatic carbocycles. The van der Waals surface area contributed by atoms with Crippen molar-refractivity contribution in [1.29, 1.82) is 0 Å². The van der Waals surface area contributed by atoms with Crippen LogP contribution in [0.4, 0.5) is 0 Å². The van der Waals surface area contributed by atoms with E-state index < -0.39 is 0 Å². The van der Waals surface area contributed by atoms with Crippen LogP contribution in [0.2, 0.25) is 0 Å². The Labute approximate surface area is 361 Å². The van der Waals surface area contributed by atoms with Crippen LogP contribution in [0.25, 0.3) is 105 Å². The van der Waals surface area contributed by atoms with Gasteiger partial charge in [0.1, 0.15) is 11.2 Å². The predicted molar refractivity (Wildman–Crippen MR) is 259 cm³/mol. The van der Waals surface area contributed by atoms with Crippen LogP contribution in [-0.4, -0.2) is 4.57 Å². The maximum absolute atomic E-state index is 6.40. The molecule has 0 saturated carbocycles. The average Bonchev–Trinajstić information content (AvgIpc) is 3.99. The minimum absolute atomic E-state index is 0.0650. The van der Waals surface area contributed by atoms with Gasteiger partial charge in [-0.25, -0.2) is 0 Å². The van der Waals surface area contributed by atoms with Gasteiger partial charge >= 0.3 is 0 Å². The lowest BCUT2D eigenvalue weighted by molar-refractivity contribution is 0.656. The molecule has 2 nitrogen and oxygen atoms in total. The number of nitrogens with zero attached hydrogens (tertiary/aromatic N) is 1. The topological polar surface area (TPSA) is 18.1 Å². The molecule has 0 atom stereocenters. The number of aromatic nitrogens is 1. The molecule has 0 unspecified atom stereocenters. The first-order chi connectivity index (χ1) is 30.2. The molecular weight excluding hydrogens is 751 g/mol. The van der Waals surface area contributed by atoms with Crippen molar-refractivity contribution in [3.8, 4) is 61.3 Å². The van der Waals surface area contributed by atoms with Crippen LogP contribution in [0.5, 0.6) is 0 Å². The Balaban J connectivity index is 0.989. The molecule has 9 aromatic carbocycles. The molecule has 0 spiro atoms. The number of fused-ring (bicyclic) bond motifs is 13. The fourth-order valence-electron chi connectivity index (χ4n) is 11.3. The van der Waals surface area contributed by atoms with Crippen molar-refractivity contribution >= 4 is 43.7 Å². The molecule has 0 saturated heterocycles. The fourth-order valence-corrected chi connectivity index (χ4v) is 11.3. The lowest BCUT2D eigenvalue weighted by atomic mass is 9.80. The van der Waals surface area contributed by atoms with E-state index in [1.807, 2.05) is 0 Å². The third-order valence-corrected chi connectivity index (χ3v) is 14.4. The molecule has 2 heterocycles. The summed E-state index contributed by atoms with van der Waals surface area (Å²) in [6, 6.07) is 69.8. The van der Waals surface area contributed by atoms with E-state index in [0.717, 1.165) is 11.2 Å². The lowest BCUT2D eigenvalue weighted by Gasteiger charge is -2.23. The van der Waals surface area contributed by atoms with Gasteiger partial charge in [0.25, 0.3) is 0 Å². The van der Waals surface area contributed by atoms with E-state index in [1.54, 1.807) is 0 Å². The predicted octanol–water partition coefficient (Wildman–Crippen LogP) is 16.3. The van der Waals surface area contributed by atoms with Gasteiger partial charge < -0.3 is 8.98 Å². The Kier molecular flexibility index (Phi) is 7.16. The van der Waals surface area contributed by atoms with Crippen LogP contribution in [0.15, 0.2) is 192 Å². The molecule has 0 fully saturated rings. The second kappa shape index (κ2) is 12.6. The standard InChI is InChI=1S/C60H43NO/c1-59(2)50-16-10-8-14-43(50)44-26-22-41(34-51(44)59)40-24-30-54-49(33-40)48-32-39(38-20-18-37(19-21-38)36-12-6-5-7-13-36)23-29-53(48)61(54)42-25-27-45-46-28-31-56-57(47-15-9-11-17-55(47)62-56)58(46)60(3,4)52(45)35-42/h5-35H,1-4H3. The van der Waals surface area contributed by atoms with Gasteiger partial charge in [0.2, 0.25) is 0 Å². The number of rotatable bonds is 4. The van der Waals surface area contributed by atoms with E-state index >= 15 is 0 Å². The van der Waals surface area contributed by atoms with Crippen LogP contribution >= 0.6 is 0 Å². The monoisotopic (exact) mass is 793 g/mol. The van der Waals surface area contributed by atoms with Crippen molar-refractivity contribution in [2.24, 2.45) is 0 Å². The molecule has 294 valence electrons. The SMILES string of the molecule is CC1(C)c2ccccc2-c2ccc(-c3ccc4c(c3)c3cc(-c5ccc(-c6ccccc6)cc5)ccc3n4-c3ccc4c(c3)C(C)(C)c3c-4ccc4oc5ccccc5c34)cc21. The number of benzene rings is 9. The fraction of sp³-hybridized carbons (Fsp3) is 0.100. The minimum Gasteiger partial charge on any atom is -0.456 e. The van der Waals surface area contributed by atoms with Gasteiger partial charge in [0.15, 0.2) is 0 Å². The zero-order valence-corrected chi connectivity index (χ0v) is 35.3. The molecule has 62 heavy (non-hydrogen) atoms. The van der Waals surface area contributed by atoms with Gasteiger partial charge in [-0.1, -0.05) is 161 Å². The summed E-state index contributed by atoms with van der Waals surface area (Å²) in [6.45, 7) is 9.49. The summed E-state index contributed by atoms with van der Waals surface area (Å²) in [7, 11) is 0. The van der Waals surface area contributed by atoms with Crippen LogP contribution < -0.4 is 0 Å². The molecule has 2 heteroatoms. The van der Waals surface area contributed by atoms with Gasteiger partial charge in [0.05, 0.1) is 11.0 Å². The van der Waals surface area contributed by atoms with Gasteiger partial charge in [-0.15, -0.1) is 0 Å². The van der Waals surface area contributed by atoms with E-state index in [2.05, 4.69) is 220 Å². The molecule has 0 bridgehead atoms. The summed E-state index contributed by atoms with van der Waals surface area (Å²) in [6.07, 6.45) is 0. The van der Waals surface area contributed by atoms with E-state index in [4.69, 9.17) is 4.42 Å². The molecule has 0 radical (unpaired) electrons. The van der Waals surface area contributed by atoms with Crippen molar-refractivity contribution in [3.63, 3.8) is 0 Å². The summed E-state index contributed by atoms with van der Waals surface area (Å²) < 4.78 is 8.89. The van der Waals surface area contributed by atoms with Crippen molar-refractivity contribution in [2.75, 3.05) is 0 Å². The zero-order chi connectivity index (χ0) is 41.5. The Morgan fingerprint density at radius 3 is 1.66 bits per heavy atom. The Morgan fingerprint density at radius 2 is 0.887 bits per heavy atom. The van der Waals surface area contributed by atoms with Crippen LogP contribution in [0, 0.1) is 0 Å². The molecule has 0 aliphatic heterocycles. The second-order valence-corrected chi connectivity index (χ2v) is 18.5.